The zero-order chi connectivity index (χ0) is 28.2. The molecule has 3 fully saturated rings. The molecule has 3 N–H and O–H groups in total. The lowest BCUT2D eigenvalue weighted by Gasteiger charge is -2.64. The second kappa shape index (κ2) is 8.64. The molecule has 1 unspecified atom stereocenters. The van der Waals surface area contributed by atoms with E-state index in [1.54, 1.807) is 12.1 Å². The molecular weight excluding hydrogens is 539 g/mol. The van der Waals surface area contributed by atoms with Gasteiger partial charge in [0.25, 0.3) is 16.0 Å². The highest BCUT2D eigenvalue weighted by atomic mass is 32.2. The van der Waals surface area contributed by atoms with Crippen LogP contribution in [0.25, 0.3) is 0 Å². The van der Waals surface area contributed by atoms with E-state index < -0.39 is 33.1 Å². The monoisotopic (exact) mass is 572 g/mol. The largest absolute Gasteiger partial charge is 0.504 e. The fraction of sp³-hybridized carbons (Fsp3) is 0.552. The molecule has 11 heteroatoms. The zero-order valence-corrected chi connectivity index (χ0v) is 23.0. The number of nitrogens with zero attached hydrogens (tertiary/aromatic N) is 2. The maximum atomic E-state index is 13.9. The number of ether oxygens (including phenoxy) is 1. The number of likely N-dealkylation sites (tertiary alicyclic amines) is 1. The van der Waals surface area contributed by atoms with Crippen LogP contribution < -0.4 is 4.74 Å². The summed E-state index contributed by atoms with van der Waals surface area (Å²) in [5, 5.41) is 23.4. The standard InChI is InChI=1S/C28H29FN2O4.CH4O3S/c29-18-5-3-17-14-31(26(33)19(17)12-18)20-7-8-28(34)22-11-16-4-6-21(32)24-23(16)27(28,25(20)35-24)9-10-30(22)13-15-1-2-15;1-5(2,3)4/h3-6,12,15,20,22,25,32,34H,1-2,7-11,13-14H2;1H3,(H,2,3,4)/t20-,22-,25+,27+,28?;/m1./s1. The molecule has 2 aromatic carbocycles. The summed E-state index contributed by atoms with van der Waals surface area (Å²) in [4.78, 5) is 17.8. The molecule has 1 spiro atoms. The highest BCUT2D eigenvalue weighted by Crippen LogP contribution is 2.66. The molecule has 1 amide bonds. The highest BCUT2D eigenvalue weighted by Gasteiger charge is 2.73. The van der Waals surface area contributed by atoms with Crippen LogP contribution in [0.15, 0.2) is 30.3 Å². The molecule has 6 aliphatic rings. The number of hydrogen-bond donors (Lipinski definition) is 3. The van der Waals surface area contributed by atoms with Crippen LogP contribution in [0.4, 0.5) is 4.39 Å². The summed E-state index contributed by atoms with van der Waals surface area (Å²) < 4.78 is 46.4. The predicted molar refractivity (Wildman–Crippen MR) is 142 cm³/mol. The van der Waals surface area contributed by atoms with E-state index >= 15 is 0 Å². The quantitative estimate of drug-likeness (QED) is 0.479. The normalized spacial score (nSPS) is 33.5. The average Bonchev–Trinajstić information content (AvgIpc) is 3.54. The van der Waals surface area contributed by atoms with Gasteiger partial charge in [-0.25, -0.2) is 4.39 Å². The number of piperidine rings is 1. The first-order valence-corrected chi connectivity index (χ1v) is 15.8. The van der Waals surface area contributed by atoms with Gasteiger partial charge >= 0.3 is 0 Å². The van der Waals surface area contributed by atoms with Crippen LogP contribution in [-0.2, 0) is 28.5 Å². The summed E-state index contributed by atoms with van der Waals surface area (Å²) in [5.74, 6) is 0.742. The van der Waals surface area contributed by atoms with E-state index in [-0.39, 0.29) is 23.7 Å². The third-order valence-corrected chi connectivity index (χ3v) is 10.0. The first-order chi connectivity index (χ1) is 18.9. The van der Waals surface area contributed by atoms with Crippen molar-refractivity contribution in [2.24, 2.45) is 5.92 Å². The third kappa shape index (κ3) is 3.74. The Bertz CT molecular complexity index is 1520. The van der Waals surface area contributed by atoms with Gasteiger partial charge < -0.3 is 19.8 Å². The minimum atomic E-state index is -3.67. The van der Waals surface area contributed by atoms with Gasteiger partial charge in [0.15, 0.2) is 11.5 Å². The third-order valence-electron chi connectivity index (χ3n) is 10.0. The number of carbonyl (C=O) groups is 1. The lowest BCUT2D eigenvalue weighted by molar-refractivity contribution is -0.198. The first-order valence-electron chi connectivity index (χ1n) is 13.9. The minimum absolute atomic E-state index is 0.00691. The number of phenolic OH excluding ortho intramolecular Hbond substituents is 1. The first kappa shape index (κ1) is 26.2. The number of amides is 1. The van der Waals surface area contributed by atoms with Gasteiger partial charge in [-0.15, -0.1) is 0 Å². The zero-order valence-electron chi connectivity index (χ0n) is 22.2. The van der Waals surface area contributed by atoms with E-state index in [4.69, 9.17) is 9.29 Å². The molecule has 3 aliphatic heterocycles. The van der Waals surface area contributed by atoms with Gasteiger partial charge in [0.2, 0.25) is 0 Å². The number of benzene rings is 2. The second-order valence-electron chi connectivity index (χ2n) is 12.4. The molecule has 9 nitrogen and oxygen atoms in total. The Labute approximate surface area is 232 Å². The Balaban J connectivity index is 0.000000490. The van der Waals surface area contributed by atoms with Crippen LogP contribution in [-0.4, -0.2) is 82.0 Å². The van der Waals surface area contributed by atoms with Crippen molar-refractivity contribution < 1.29 is 37.1 Å². The van der Waals surface area contributed by atoms with Crippen molar-refractivity contribution in [2.45, 2.75) is 74.3 Å². The van der Waals surface area contributed by atoms with Gasteiger partial charge in [-0.05, 0) is 80.3 Å². The van der Waals surface area contributed by atoms with Gasteiger partial charge in [0.1, 0.15) is 11.9 Å². The molecule has 8 rings (SSSR count). The van der Waals surface area contributed by atoms with Crippen molar-refractivity contribution in [1.29, 1.82) is 0 Å². The number of halogens is 1. The molecular formula is C29H33FN2O7S. The molecule has 0 aromatic heterocycles. The Hall–Kier alpha value is -2.73. The van der Waals surface area contributed by atoms with E-state index in [1.165, 1.54) is 25.0 Å². The molecule has 214 valence electrons. The fourth-order valence-electron chi connectivity index (χ4n) is 8.34. The predicted octanol–water partition coefficient (Wildman–Crippen LogP) is 2.62. The number of hydrogen-bond acceptors (Lipinski definition) is 7. The lowest BCUT2D eigenvalue weighted by Crippen LogP contribution is -2.78. The maximum Gasteiger partial charge on any atom is 0.261 e. The molecule has 40 heavy (non-hydrogen) atoms. The summed E-state index contributed by atoms with van der Waals surface area (Å²) in [5.41, 5.74) is 1.72. The molecule has 1 saturated heterocycles. The Morgan fingerprint density at radius 3 is 2.58 bits per heavy atom. The van der Waals surface area contributed by atoms with Crippen LogP contribution in [0.1, 0.15) is 59.2 Å². The SMILES string of the molecule is CS(=O)(=O)O.O=C1c2cc(F)ccc2CN1[C@@H]1CCC2(O)[C@H]3Cc4ccc(O)c5c4[C@@]2(CCN3CC2CC2)[C@H]1O5. The van der Waals surface area contributed by atoms with Gasteiger partial charge in [-0.3, -0.25) is 14.2 Å². The van der Waals surface area contributed by atoms with Gasteiger partial charge in [0.05, 0.1) is 23.3 Å². The second-order valence-corrected chi connectivity index (χ2v) is 13.8. The van der Waals surface area contributed by atoms with E-state index in [0.717, 1.165) is 48.5 Å². The van der Waals surface area contributed by atoms with Crippen LogP contribution >= 0.6 is 0 Å². The Kier molecular flexibility index (Phi) is 5.66. The maximum absolute atomic E-state index is 13.9. The summed E-state index contributed by atoms with van der Waals surface area (Å²) in [6.07, 6.45) is 5.49. The summed E-state index contributed by atoms with van der Waals surface area (Å²) in [6.45, 7) is 2.33. The van der Waals surface area contributed by atoms with Gasteiger partial charge in [-0.1, -0.05) is 12.1 Å². The number of aliphatic hydroxyl groups is 1. The van der Waals surface area contributed by atoms with E-state index in [2.05, 4.69) is 4.90 Å². The summed E-state index contributed by atoms with van der Waals surface area (Å²) in [7, 11) is -3.67. The van der Waals surface area contributed by atoms with Crippen LogP contribution in [0.5, 0.6) is 11.5 Å². The lowest BCUT2D eigenvalue weighted by atomic mass is 9.48. The molecule has 3 heterocycles. The molecule has 2 saturated carbocycles. The van der Waals surface area contributed by atoms with Crippen molar-refractivity contribution in [3.8, 4) is 11.5 Å². The van der Waals surface area contributed by atoms with Crippen LogP contribution in [0.2, 0.25) is 0 Å². The molecule has 0 radical (unpaired) electrons. The van der Waals surface area contributed by atoms with Crippen LogP contribution in [0.3, 0.4) is 0 Å². The number of phenols is 1. The summed E-state index contributed by atoms with van der Waals surface area (Å²) >= 11 is 0. The fourth-order valence-corrected chi connectivity index (χ4v) is 8.34. The molecule has 2 aromatic rings. The smallest absolute Gasteiger partial charge is 0.261 e. The van der Waals surface area contributed by atoms with Crippen molar-refractivity contribution in [3.63, 3.8) is 0 Å². The molecule has 3 aliphatic carbocycles. The summed E-state index contributed by atoms with van der Waals surface area (Å²) in [6, 6.07) is 7.89. The van der Waals surface area contributed by atoms with Gasteiger partial charge in [-0.2, -0.15) is 8.42 Å². The van der Waals surface area contributed by atoms with E-state index in [9.17, 15) is 27.8 Å². The van der Waals surface area contributed by atoms with Gasteiger partial charge in [0, 0.05) is 30.3 Å². The number of rotatable bonds is 3. The number of carbonyl (C=O) groups excluding carboxylic acids is 1. The number of fused-ring (bicyclic) bond motifs is 1. The van der Waals surface area contributed by atoms with Crippen molar-refractivity contribution in [1.82, 2.24) is 9.80 Å². The minimum Gasteiger partial charge on any atom is -0.504 e. The van der Waals surface area contributed by atoms with Crippen molar-refractivity contribution >= 4 is 16.0 Å². The van der Waals surface area contributed by atoms with E-state index in [0.29, 0.717) is 37.0 Å². The highest BCUT2D eigenvalue weighted by molar-refractivity contribution is 7.85. The van der Waals surface area contributed by atoms with Crippen molar-refractivity contribution in [2.75, 3.05) is 19.3 Å². The Morgan fingerprint density at radius 2 is 1.85 bits per heavy atom. The topological polar surface area (TPSA) is 128 Å². The molecule has 5 atom stereocenters. The average molecular weight is 573 g/mol. The molecule has 2 bridgehead atoms. The van der Waals surface area contributed by atoms with Crippen LogP contribution in [0, 0.1) is 11.7 Å². The number of aromatic hydroxyl groups is 1. The van der Waals surface area contributed by atoms with E-state index in [1.807, 2.05) is 11.0 Å². The Morgan fingerprint density at radius 1 is 1.12 bits per heavy atom. The van der Waals surface area contributed by atoms with Crippen molar-refractivity contribution in [3.05, 3.63) is 58.4 Å².